The van der Waals surface area contributed by atoms with Crippen LogP contribution in [0.1, 0.15) is 25.8 Å². The SMILES string of the molecule is C/C=C(\NC1=C(C)CCNC1)c1ccccc1Cl. The van der Waals surface area contributed by atoms with Crippen LogP contribution >= 0.6 is 11.6 Å². The van der Waals surface area contributed by atoms with Gasteiger partial charge >= 0.3 is 0 Å². The number of halogens is 1. The molecular formula is C15H19ClN2. The molecule has 1 heterocycles. The zero-order valence-electron chi connectivity index (χ0n) is 10.9. The molecule has 0 amide bonds. The van der Waals surface area contributed by atoms with Gasteiger partial charge in [-0.15, -0.1) is 0 Å². The molecule has 1 aliphatic rings. The maximum atomic E-state index is 6.24. The molecule has 1 aliphatic heterocycles. The topological polar surface area (TPSA) is 24.1 Å². The Kier molecular flexibility index (Phi) is 4.45. The lowest BCUT2D eigenvalue weighted by atomic mass is 10.1. The zero-order chi connectivity index (χ0) is 13.0. The minimum absolute atomic E-state index is 0.778. The molecule has 1 aromatic carbocycles. The van der Waals surface area contributed by atoms with E-state index >= 15 is 0 Å². The third-order valence-corrected chi connectivity index (χ3v) is 3.56. The van der Waals surface area contributed by atoms with Crippen LogP contribution in [0.5, 0.6) is 0 Å². The highest BCUT2D eigenvalue weighted by molar-refractivity contribution is 6.32. The minimum Gasteiger partial charge on any atom is -0.358 e. The second-order valence-electron chi connectivity index (χ2n) is 4.49. The van der Waals surface area contributed by atoms with E-state index in [-0.39, 0.29) is 0 Å². The minimum atomic E-state index is 0.778. The Labute approximate surface area is 114 Å². The Morgan fingerprint density at radius 2 is 2.17 bits per heavy atom. The highest BCUT2D eigenvalue weighted by Gasteiger charge is 2.11. The highest BCUT2D eigenvalue weighted by Crippen LogP contribution is 2.23. The predicted octanol–water partition coefficient (Wildman–Crippen LogP) is 3.56. The molecule has 96 valence electrons. The summed E-state index contributed by atoms with van der Waals surface area (Å²) in [6, 6.07) is 7.91. The molecule has 0 unspecified atom stereocenters. The van der Waals surface area contributed by atoms with Crippen molar-refractivity contribution >= 4 is 17.3 Å². The van der Waals surface area contributed by atoms with Crippen LogP contribution in [0.2, 0.25) is 5.02 Å². The van der Waals surface area contributed by atoms with Crippen molar-refractivity contribution in [2.24, 2.45) is 0 Å². The average molecular weight is 263 g/mol. The van der Waals surface area contributed by atoms with Gasteiger partial charge in [-0.3, -0.25) is 0 Å². The normalized spacial score (nSPS) is 16.9. The van der Waals surface area contributed by atoms with Crippen LogP contribution in [0.15, 0.2) is 41.6 Å². The Morgan fingerprint density at radius 3 is 2.83 bits per heavy atom. The molecule has 2 nitrogen and oxygen atoms in total. The fourth-order valence-corrected chi connectivity index (χ4v) is 2.32. The van der Waals surface area contributed by atoms with Crippen LogP contribution in [0, 0.1) is 0 Å². The van der Waals surface area contributed by atoms with Crippen molar-refractivity contribution in [3.8, 4) is 0 Å². The second kappa shape index (κ2) is 6.07. The summed E-state index contributed by atoms with van der Waals surface area (Å²) in [4.78, 5) is 0. The highest BCUT2D eigenvalue weighted by atomic mass is 35.5. The van der Waals surface area contributed by atoms with E-state index in [1.807, 2.05) is 31.2 Å². The first kappa shape index (κ1) is 13.2. The van der Waals surface area contributed by atoms with Gasteiger partial charge < -0.3 is 10.6 Å². The van der Waals surface area contributed by atoms with Gasteiger partial charge in [-0.1, -0.05) is 41.4 Å². The lowest BCUT2D eigenvalue weighted by Gasteiger charge is -2.22. The lowest BCUT2D eigenvalue weighted by Crippen LogP contribution is -2.31. The van der Waals surface area contributed by atoms with Crippen molar-refractivity contribution < 1.29 is 0 Å². The summed E-state index contributed by atoms with van der Waals surface area (Å²) in [5, 5.41) is 7.66. The van der Waals surface area contributed by atoms with Gasteiger partial charge in [0.2, 0.25) is 0 Å². The van der Waals surface area contributed by atoms with Crippen LogP contribution in [0.4, 0.5) is 0 Å². The van der Waals surface area contributed by atoms with Gasteiger partial charge in [0.1, 0.15) is 0 Å². The van der Waals surface area contributed by atoms with E-state index in [2.05, 4.69) is 23.6 Å². The molecule has 2 N–H and O–H groups in total. The quantitative estimate of drug-likeness (QED) is 0.870. The Hall–Kier alpha value is -1.25. The third kappa shape index (κ3) is 2.95. The smallest absolute Gasteiger partial charge is 0.0499 e. The molecule has 3 heteroatoms. The summed E-state index contributed by atoms with van der Waals surface area (Å²) in [5.74, 6) is 0. The molecule has 18 heavy (non-hydrogen) atoms. The first-order valence-electron chi connectivity index (χ1n) is 6.30. The van der Waals surface area contributed by atoms with E-state index in [1.165, 1.54) is 11.3 Å². The number of nitrogens with one attached hydrogen (secondary N) is 2. The summed E-state index contributed by atoms with van der Waals surface area (Å²) in [5.41, 5.74) is 4.79. The molecule has 0 bridgehead atoms. The summed E-state index contributed by atoms with van der Waals surface area (Å²) < 4.78 is 0. The Balaban J connectivity index is 2.24. The number of rotatable bonds is 3. The molecule has 0 aromatic heterocycles. The molecule has 1 aromatic rings. The van der Waals surface area contributed by atoms with E-state index in [9.17, 15) is 0 Å². The largest absolute Gasteiger partial charge is 0.358 e. The van der Waals surface area contributed by atoms with Gasteiger partial charge in [0.05, 0.1) is 0 Å². The van der Waals surface area contributed by atoms with E-state index < -0.39 is 0 Å². The molecule has 0 atom stereocenters. The van der Waals surface area contributed by atoms with E-state index in [4.69, 9.17) is 11.6 Å². The fourth-order valence-electron chi connectivity index (χ4n) is 2.08. The lowest BCUT2D eigenvalue weighted by molar-refractivity contribution is 0.655. The van der Waals surface area contributed by atoms with Gasteiger partial charge in [0, 0.05) is 28.5 Å². The van der Waals surface area contributed by atoms with Crippen LogP contribution in [0.25, 0.3) is 5.70 Å². The molecule has 0 aliphatic carbocycles. The number of benzene rings is 1. The van der Waals surface area contributed by atoms with Gasteiger partial charge in [-0.05, 0) is 32.9 Å². The van der Waals surface area contributed by atoms with Gasteiger partial charge in [-0.2, -0.15) is 0 Å². The third-order valence-electron chi connectivity index (χ3n) is 3.23. The Bertz CT molecular complexity index is 489. The van der Waals surface area contributed by atoms with E-state index in [0.29, 0.717) is 0 Å². The second-order valence-corrected chi connectivity index (χ2v) is 4.90. The summed E-state index contributed by atoms with van der Waals surface area (Å²) in [7, 11) is 0. The first-order chi connectivity index (χ1) is 8.72. The first-order valence-corrected chi connectivity index (χ1v) is 6.67. The molecular weight excluding hydrogens is 244 g/mol. The molecule has 0 fully saturated rings. The standard InChI is InChI=1S/C15H19ClN2/c1-3-14(12-6-4-5-7-13(12)16)18-15-10-17-9-8-11(15)2/h3-7,17-18H,8-10H2,1-2H3/b14-3-. The van der Waals surface area contributed by atoms with Crippen molar-refractivity contribution in [3.63, 3.8) is 0 Å². The average Bonchev–Trinajstić information content (AvgIpc) is 2.39. The maximum absolute atomic E-state index is 6.24. The van der Waals surface area contributed by atoms with E-state index in [1.54, 1.807) is 0 Å². The molecule has 0 saturated heterocycles. The van der Waals surface area contributed by atoms with Gasteiger partial charge in [0.25, 0.3) is 0 Å². The van der Waals surface area contributed by atoms with E-state index in [0.717, 1.165) is 35.8 Å². The molecule has 2 rings (SSSR count). The van der Waals surface area contributed by atoms with Crippen LogP contribution in [-0.2, 0) is 0 Å². The number of allylic oxidation sites excluding steroid dienone is 1. The number of hydrogen-bond donors (Lipinski definition) is 2. The van der Waals surface area contributed by atoms with Gasteiger partial charge in [0.15, 0.2) is 0 Å². The van der Waals surface area contributed by atoms with Crippen molar-refractivity contribution in [1.82, 2.24) is 10.6 Å². The van der Waals surface area contributed by atoms with Crippen molar-refractivity contribution in [2.45, 2.75) is 20.3 Å². The summed E-state index contributed by atoms with van der Waals surface area (Å²) in [6.45, 7) is 6.17. The molecule has 0 spiro atoms. The molecule has 0 radical (unpaired) electrons. The fraction of sp³-hybridized carbons (Fsp3) is 0.333. The molecule has 0 saturated carbocycles. The predicted molar refractivity (Wildman–Crippen MR) is 78.4 cm³/mol. The monoisotopic (exact) mass is 262 g/mol. The van der Waals surface area contributed by atoms with Crippen LogP contribution < -0.4 is 10.6 Å². The van der Waals surface area contributed by atoms with Gasteiger partial charge in [-0.25, -0.2) is 0 Å². The summed E-state index contributed by atoms with van der Waals surface area (Å²) in [6.07, 6.45) is 3.16. The van der Waals surface area contributed by atoms with Crippen molar-refractivity contribution in [1.29, 1.82) is 0 Å². The van der Waals surface area contributed by atoms with Crippen molar-refractivity contribution in [3.05, 3.63) is 52.2 Å². The Morgan fingerprint density at radius 1 is 1.39 bits per heavy atom. The van der Waals surface area contributed by atoms with Crippen molar-refractivity contribution in [2.75, 3.05) is 13.1 Å². The summed E-state index contributed by atoms with van der Waals surface area (Å²) >= 11 is 6.24. The zero-order valence-corrected chi connectivity index (χ0v) is 11.6. The maximum Gasteiger partial charge on any atom is 0.0499 e. The van der Waals surface area contributed by atoms with Crippen LogP contribution in [-0.4, -0.2) is 13.1 Å². The number of hydrogen-bond acceptors (Lipinski definition) is 2. The van der Waals surface area contributed by atoms with Crippen LogP contribution in [0.3, 0.4) is 0 Å².